The number of primary amides is 1. The molecule has 2 aliphatic rings. The molecule has 0 aliphatic carbocycles. The second-order valence-electron chi connectivity index (χ2n) is 6.26. The SMILES string of the molecule is NC(=O)[C@H]1CCN(C(=O)NCc2ccc(N3CCOCC3)cc2)C1. The molecule has 2 fully saturated rings. The first kappa shape index (κ1) is 16.6. The molecule has 1 aromatic carbocycles. The Kier molecular flexibility index (Phi) is 5.20. The number of nitrogens with two attached hydrogens (primary N) is 1. The Labute approximate surface area is 141 Å². The number of rotatable bonds is 4. The van der Waals surface area contributed by atoms with Crippen molar-refractivity contribution in [3.63, 3.8) is 0 Å². The zero-order valence-corrected chi connectivity index (χ0v) is 13.7. The van der Waals surface area contributed by atoms with E-state index in [4.69, 9.17) is 10.5 Å². The van der Waals surface area contributed by atoms with Gasteiger partial charge in [0.25, 0.3) is 0 Å². The summed E-state index contributed by atoms with van der Waals surface area (Å²) < 4.78 is 5.36. The van der Waals surface area contributed by atoms with E-state index in [1.165, 1.54) is 5.69 Å². The Morgan fingerprint density at radius 3 is 2.50 bits per heavy atom. The van der Waals surface area contributed by atoms with E-state index in [1.54, 1.807) is 4.90 Å². The van der Waals surface area contributed by atoms with Crippen molar-refractivity contribution in [3.8, 4) is 0 Å². The lowest BCUT2D eigenvalue weighted by Crippen LogP contribution is -2.39. The molecule has 24 heavy (non-hydrogen) atoms. The molecule has 130 valence electrons. The third-order valence-electron chi connectivity index (χ3n) is 4.63. The third kappa shape index (κ3) is 3.97. The molecule has 0 unspecified atom stereocenters. The summed E-state index contributed by atoms with van der Waals surface area (Å²) in [5.74, 6) is -0.549. The molecule has 1 atom stereocenters. The van der Waals surface area contributed by atoms with Gasteiger partial charge in [0.05, 0.1) is 19.1 Å². The molecule has 3 amide bonds. The van der Waals surface area contributed by atoms with Crippen molar-refractivity contribution >= 4 is 17.6 Å². The van der Waals surface area contributed by atoms with Crippen LogP contribution in [0.4, 0.5) is 10.5 Å². The summed E-state index contributed by atoms with van der Waals surface area (Å²) in [6, 6.07) is 8.07. The number of ether oxygens (including phenoxy) is 1. The van der Waals surface area contributed by atoms with E-state index in [0.29, 0.717) is 26.1 Å². The van der Waals surface area contributed by atoms with Crippen LogP contribution in [0.1, 0.15) is 12.0 Å². The number of anilines is 1. The fourth-order valence-electron chi connectivity index (χ4n) is 3.11. The maximum atomic E-state index is 12.1. The molecule has 2 heterocycles. The number of morpholine rings is 1. The number of nitrogens with one attached hydrogen (secondary N) is 1. The summed E-state index contributed by atoms with van der Waals surface area (Å²) in [6.07, 6.45) is 0.650. The number of hydrogen-bond donors (Lipinski definition) is 2. The van der Waals surface area contributed by atoms with Crippen molar-refractivity contribution in [2.24, 2.45) is 11.7 Å². The highest BCUT2D eigenvalue weighted by atomic mass is 16.5. The Morgan fingerprint density at radius 1 is 1.17 bits per heavy atom. The first-order valence-corrected chi connectivity index (χ1v) is 8.37. The van der Waals surface area contributed by atoms with E-state index in [9.17, 15) is 9.59 Å². The second-order valence-corrected chi connectivity index (χ2v) is 6.26. The predicted octanol–water partition coefficient (Wildman–Crippen LogP) is 0.540. The van der Waals surface area contributed by atoms with E-state index >= 15 is 0 Å². The van der Waals surface area contributed by atoms with Crippen molar-refractivity contribution in [1.82, 2.24) is 10.2 Å². The van der Waals surface area contributed by atoms with Gasteiger partial charge in [-0.05, 0) is 24.1 Å². The van der Waals surface area contributed by atoms with Crippen LogP contribution in [0, 0.1) is 5.92 Å². The van der Waals surface area contributed by atoms with E-state index < -0.39 is 0 Å². The summed E-state index contributed by atoms with van der Waals surface area (Å²) in [5, 5.41) is 2.90. The highest BCUT2D eigenvalue weighted by molar-refractivity contribution is 5.80. The van der Waals surface area contributed by atoms with Crippen LogP contribution in [-0.2, 0) is 16.1 Å². The largest absolute Gasteiger partial charge is 0.378 e. The minimum absolute atomic E-state index is 0.143. The predicted molar refractivity (Wildman–Crippen MR) is 90.6 cm³/mol. The number of nitrogens with zero attached hydrogens (tertiary/aromatic N) is 2. The van der Waals surface area contributed by atoms with E-state index in [2.05, 4.69) is 22.3 Å². The Bertz CT molecular complexity index is 584. The molecule has 0 saturated carbocycles. The summed E-state index contributed by atoms with van der Waals surface area (Å²) in [7, 11) is 0. The van der Waals surface area contributed by atoms with Gasteiger partial charge >= 0.3 is 6.03 Å². The van der Waals surface area contributed by atoms with Gasteiger partial charge < -0.3 is 25.6 Å². The minimum atomic E-state index is -0.330. The molecule has 7 nitrogen and oxygen atoms in total. The smallest absolute Gasteiger partial charge is 0.317 e. The van der Waals surface area contributed by atoms with Gasteiger partial charge in [-0.1, -0.05) is 12.1 Å². The van der Waals surface area contributed by atoms with Gasteiger partial charge in [-0.3, -0.25) is 4.79 Å². The molecular weight excluding hydrogens is 308 g/mol. The van der Waals surface area contributed by atoms with Gasteiger partial charge in [0.15, 0.2) is 0 Å². The molecule has 2 saturated heterocycles. The Hall–Kier alpha value is -2.28. The number of likely N-dealkylation sites (tertiary alicyclic amines) is 1. The zero-order valence-electron chi connectivity index (χ0n) is 13.7. The lowest BCUT2D eigenvalue weighted by molar-refractivity contribution is -0.121. The highest BCUT2D eigenvalue weighted by Gasteiger charge is 2.29. The molecule has 0 aromatic heterocycles. The number of amides is 3. The number of urea groups is 1. The minimum Gasteiger partial charge on any atom is -0.378 e. The standard InChI is InChI=1S/C17H24N4O3/c18-16(22)14-5-6-21(12-14)17(23)19-11-13-1-3-15(4-2-13)20-7-9-24-10-8-20/h1-4,14H,5-12H2,(H2,18,22)(H,19,23)/t14-/m0/s1. The molecular formula is C17H24N4O3. The van der Waals surface area contributed by atoms with Crippen molar-refractivity contribution < 1.29 is 14.3 Å². The fourth-order valence-corrected chi connectivity index (χ4v) is 3.11. The van der Waals surface area contributed by atoms with Gasteiger partial charge in [0, 0.05) is 38.4 Å². The lowest BCUT2D eigenvalue weighted by Gasteiger charge is -2.29. The third-order valence-corrected chi connectivity index (χ3v) is 4.63. The van der Waals surface area contributed by atoms with Crippen molar-refractivity contribution in [2.45, 2.75) is 13.0 Å². The molecule has 3 rings (SSSR count). The van der Waals surface area contributed by atoms with Crippen LogP contribution in [0.25, 0.3) is 0 Å². The Morgan fingerprint density at radius 2 is 1.88 bits per heavy atom. The molecule has 7 heteroatoms. The zero-order chi connectivity index (χ0) is 16.9. The average molecular weight is 332 g/mol. The number of hydrogen-bond acceptors (Lipinski definition) is 4. The van der Waals surface area contributed by atoms with Gasteiger partial charge in [0.1, 0.15) is 0 Å². The average Bonchev–Trinajstić information content (AvgIpc) is 3.11. The summed E-state index contributed by atoms with van der Waals surface area (Å²) in [4.78, 5) is 27.2. The summed E-state index contributed by atoms with van der Waals surface area (Å²) in [5.41, 5.74) is 7.52. The van der Waals surface area contributed by atoms with Crippen LogP contribution < -0.4 is 16.0 Å². The maximum Gasteiger partial charge on any atom is 0.317 e. The highest BCUT2D eigenvalue weighted by Crippen LogP contribution is 2.17. The van der Waals surface area contributed by atoms with Gasteiger partial charge in [-0.2, -0.15) is 0 Å². The number of benzene rings is 1. The normalized spacial score (nSPS) is 20.9. The molecule has 0 radical (unpaired) electrons. The monoisotopic (exact) mass is 332 g/mol. The van der Waals surface area contributed by atoms with Gasteiger partial charge in [0.2, 0.25) is 5.91 Å². The van der Waals surface area contributed by atoms with E-state index in [1.807, 2.05) is 12.1 Å². The molecule has 0 bridgehead atoms. The molecule has 3 N–H and O–H groups in total. The van der Waals surface area contributed by atoms with Crippen LogP contribution in [0.15, 0.2) is 24.3 Å². The number of carbonyl (C=O) groups excluding carboxylic acids is 2. The first-order chi connectivity index (χ1) is 11.6. The van der Waals surface area contributed by atoms with Crippen molar-refractivity contribution in [3.05, 3.63) is 29.8 Å². The van der Waals surface area contributed by atoms with Crippen LogP contribution in [0.3, 0.4) is 0 Å². The molecule has 1 aromatic rings. The molecule has 0 spiro atoms. The van der Waals surface area contributed by atoms with Gasteiger partial charge in [-0.15, -0.1) is 0 Å². The first-order valence-electron chi connectivity index (χ1n) is 8.37. The molecule has 2 aliphatic heterocycles. The van der Waals surface area contributed by atoms with Crippen molar-refractivity contribution in [2.75, 3.05) is 44.3 Å². The number of carbonyl (C=O) groups is 2. The van der Waals surface area contributed by atoms with Crippen LogP contribution in [0.2, 0.25) is 0 Å². The van der Waals surface area contributed by atoms with Crippen LogP contribution in [-0.4, -0.2) is 56.2 Å². The topological polar surface area (TPSA) is 87.9 Å². The summed E-state index contributed by atoms with van der Waals surface area (Å²) >= 11 is 0. The lowest BCUT2D eigenvalue weighted by atomic mass is 10.1. The fraction of sp³-hybridized carbons (Fsp3) is 0.529. The van der Waals surface area contributed by atoms with Gasteiger partial charge in [-0.25, -0.2) is 4.79 Å². The second kappa shape index (κ2) is 7.53. The maximum absolute atomic E-state index is 12.1. The van der Waals surface area contributed by atoms with E-state index in [0.717, 1.165) is 31.9 Å². The van der Waals surface area contributed by atoms with E-state index in [-0.39, 0.29) is 17.9 Å². The Balaban J connectivity index is 1.48. The van der Waals surface area contributed by atoms with Crippen LogP contribution >= 0.6 is 0 Å². The summed E-state index contributed by atoms with van der Waals surface area (Å²) in [6.45, 7) is 4.81. The van der Waals surface area contributed by atoms with Crippen molar-refractivity contribution in [1.29, 1.82) is 0 Å². The van der Waals surface area contributed by atoms with Crippen LogP contribution in [0.5, 0.6) is 0 Å². The quantitative estimate of drug-likeness (QED) is 0.842.